The highest BCUT2D eigenvalue weighted by Gasteiger charge is 2.55. The van der Waals surface area contributed by atoms with Gasteiger partial charge in [-0.25, -0.2) is 9.59 Å². The molecule has 0 bridgehead atoms. The van der Waals surface area contributed by atoms with E-state index in [4.69, 9.17) is 9.47 Å². The number of non-ortho nitro benzene ring substituents is 1. The fraction of sp³-hybridized carbons (Fsp3) is 0.200. The zero-order valence-electron chi connectivity index (χ0n) is 23.0. The number of amides is 3. The van der Waals surface area contributed by atoms with Crippen LogP contribution in [0.3, 0.4) is 0 Å². The molecule has 44 heavy (non-hydrogen) atoms. The van der Waals surface area contributed by atoms with E-state index in [1.54, 1.807) is 54.6 Å². The molecule has 0 spiro atoms. The van der Waals surface area contributed by atoms with Crippen molar-refractivity contribution in [1.82, 2.24) is 15.5 Å². The number of aliphatic hydroxyl groups excluding tert-OH is 1. The zero-order valence-corrected chi connectivity index (χ0v) is 23.8. The van der Waals surface area contributed by atoms with Gasteiger partial charge in [-0.15, -0.1) is 11.8 Å². The number of benzene rings is 3. The van der Waals surface area contributed by atoms with E-state index in [1.165, 1.54) is 24.3 Å². The van der Waals surface area contributed by atoms with Crippen molar-refractivity contribution in [2.45, 2.75) is 30.7 Å². The molecule has 14 heteroatoms. The number of hydrogen-bond donors (Lipinski definition) is 3. The molecule has 1 fully saturated rings. The molecule has 1 saturated heterocycles. The van der Waals surface area contributed by atoms with Gasteiger partial charge >= 0.3 is 12.1 Å². The van der Waals surface area contributed by atoms with Gasteiger partial charge in [0, 0.05) is 12.1 Å². The van der Waals surface area contributed by atoms with Crippen LogP contribution in [0.2, 0.25) is 0 Å². The van der Waals surface area contributed by atoms with Crippen LogP contribution in [0.25, 0.3) is 0 Å². The van der Waals surface area contributed by atoms with Gasteiger partial charge in [-0.1, -0.05) is 60.7 Å². The number of nitro groups is 1. The van der Waals surface area contributed by atoms with Crippen LogP contribution < -0.4 is 10.6 Å². The van der Waals surface area contributed by atoms with Crippen LogP contribution in [0.4, 0.5) is 10.5 Å². The van der Waals surface area contributed by atoms with Crippen LogP contribution in [0.1, 0.15) is 22.7 Å². The number of ether oxygens (including phenoxy) is 2. The van der Waals surface area contributed by atoms with Gasteiger partial charge in [0.1, 0.15) is 36.4 Å². The van der Waals surface area contributed by atoms with Crippen molar-refractivity contribution in [3.05, 3.63) is 123 Å². The third-order valence-electron chi connectivity index (χ3n) is 6.83. The Kier molecular flexibility index (Phi) is 9.09. The van der Waals surface area contributed by atoms with Crippen molar-refractivity contribution in [1.29, 1.82) is 0 Å². The third-order valence-corrected chi connectivity index (χ3v) is 8.09. The molecule has 2 aliphatic rings. The van der Waals surface area contributed by atoms with E-state index >= 15 is 0 Å². The van der Waals surface area contributed by atoms with Gasteiger partial charge in [-0.05, 0) is 28.8 Å². The number of fused-ring (bicyclic) bond motifs is 1. The van der Waals surface area contributed by atoms with Crippen molar-refractivity contribution in [3.63, 3.8) is 0 Å². The zero-order chi connectivity index (χ0) is 31.2. The van der Waals surface area contributed by atoms with Gasteiger partial charge in [0.2, 0.25) is 5.91 Å². The van der Waals surface area contributed by atoms with E-state index in [-0.39, 0.29) is 36.1 Å². The Labute approximate surface area is 255 Å². The number of nitrogens with one attached hydrogen (secondary N) is 2. The number of aliphatic hydroxyl groups is 1. The summed E-state index contributed by atoms with van der Waals surface area (Å²) in [7, 11) is 0. The minimum absolute atomic E-state index is 0.0104. The Hall–Kier alpha value is -5.37. The smallest absolute Gasteiger partial charge is 0.408 e. The van der Waals surface area contributed by atoms with E-state index in [0.29, 0.717) is 11.1 Å². The molecule has 0 aliphatic carbocycles. The number of hydrogen-bond acceptors (Lipinski definition) is 10. The Bertz CT molecular complexity index is 1600. The van der Waals surface area contributed by atoms with Crippen LogP contribution in [-0.4, -0.2) is 56.0 Å². The molecule has 2 aliphatic heterocycles. The maximum absolute atomic E-state index is 13.4. The largest absolute Gasteiger partial charge is 0.509 e. The number of carbonyl (C=O) groups is 4. The number of β-lactam (4-membered cyclic amide) rings is 1. The van der Waals surface area contributed by atoms with Crippen LogP contribution in [0, 0.1) is 10.1 Å². The molecule has 3 atom stereocenters. The summed E-state index contributed by atoms with van der Waals surface area (Å²) in [4.78, 5) is 63.5. The highest BCUT2D eigenvalue weighted by molar-refractivity contribution is 8.00. The first-order valence-electron chi connectivity index (χ1n) is 13.3. The van der Waals surface area contributed by atoms with Crippen LogP contribution >= 0.6 is 11.8 Å². The van der Waals surface area contributed by atoms with E-state index in [0.717, 1.165) is 22.2 Å². The summed E-state index contributed by atoms with van der Waals surface area (Å²) in [6, 6.07) is 20.6. The predicted octanol–water partition coefficient (Wildman–Crippen LogP) is 3.48. The topological polar surface area (TPSA) is 177 Å². The van der Waals surface area contributed by atoms with E-state index < -0.39 is 46.3 Å². The summed E-state index contributed by atoms with van der Waals surface area (Å²) in [5, 5.41) is 25.8. The van der Waals surface area contributed by atoms with Crippen molar-refractivity contribution in [2.24, 2.45) is 0 Å². The second kappa shape index (κ2) is 13.3. The first-order chi connectivity index (χ1) is 21.2. The fourth-order valence-corrected chi connectivity index (χ4v) is 5.79. The minimum Gasteiger partial charge on any atom is -0.509 e. The van der Waals surface area contributed by atoms with Crippen molar-refractivity contribution in [3.8, 4) is 0 Å². The number of esters is 1. The van der Waals surface area contributed by atoms with Gasteiger partial charge in [0.05, 0.1) is 10.7 Å². The monoisotopic (exact) mass is 618 g/mol. The lowest BCUT2D eigenvalue weighted by Gasteiger charge is -2.49. The van der Waals surface area contributed by atoms with E-state index in [9.17, 15) is 34.4 Å². The Morgan fingerprint density at radius 1 is 0.955 bits per heavy atom. The van der Waals surface area contributed by atoms with Crippen molar-refractivity contribution in [2.75, 3.05) is 5.75 Å². The van der Waals surface area contributed by atoms with E-state index in [1.807, 2.05) is 6.07 Å². The first-order valence-corrected chi connectivity index (χ1v) is 14.4. The lowest BCUT2D eigenvalue weighted by Crippen LogP contribution is -2.71. The Morgan fingerprint density at radius 2 is 1.57 bits per heavy atom. The van der Waals surface area contributed by atoms with E-state index in [2.05, 4.69) is 10.6 Å². The average molecular weight is 619 g/mol. The lowest BCUT2D eigenvalue weighted by atomic mass is 10.0. The first kappa shape index (κ1) is 30.1. The van der Waals surface area contributed by atoms with Crippen molar-refractivity contribution < 1.29 is 38.7 Å². The van der Waals surface area contributed by atoms with Crippen LogP contribution in [0.15, 0.2) is 96.4 Å². The molecule has 0 radical (unpaired) electrons. The molecule has 5 rings (SSSR count). The minimum atomic E-state index is -1.19. The third kappa shape index (κ3) is 6.65. The number of alkyl carbamates (subject to hydrolysis) is 1. The number of thioether (sulfide) groups is 1. The second-order valence-electron chi connectivity index (χ2n) is 9.74. The summed E-state index contributed by atoms with van der Waals surface area (Å²) in [6.45, 7) is -0.262. The Morgan fingerprint density at radius 3 is 2.23 bits per heavy atom. The molecule has 13 nitrogen and oxygen atoms in total. The molecule has 3 aromatic rings. The van der Waals surface area contributed by atoms with Gasteiger partial charge in [-0.3, -0.25) is 24.6 Å². The van der Waals surface area contributed by atoms with Crippen molar-refractivity contribution >= 4 is 41.3 Å². The molecule has 3 N–H and O–H groups in total. The number of carbonyl (C=O) groups excluding carboxylic acids is 4. The molecular formula is C30H26N4O9S. The highest BCUT2D eigenvalue weighted by Crippen LogP contribution is 2.40. The van der Waals surface area contributed by atoms with Gasteiger partial charge in [-0.2, -0.15) is 0 Å². The molecule has 226 valence electrons. The molecule has 0 aromatic heterocycles. The second-order valence-corrected chi connectivity index (χ2v) is 10.8. The normalized spacial score (nSPS) is 17.9. The summed E-state index contributed by atoms with van der Waals surface area (Å²) < 4.78 is 10.6. The van der Waals surface area contributed by atoms with Gasteiger partial charge in [0.15, 0.2) is 5.70 Å². The van der Waals surface area contributed by atoms with Gasteiger partial charge in [0.25, 0.3) is 11.6 Å². The standard InChI is InChI=1S/C30H26N4O9S/c35-22-17-44-28-24(27(37)33(28)25(22)29(38)42-15-19-11-13-21(14-12-19)34(40)41)31-26(36)23(20-9-5-2-6-10-20)32-30(39)43-16-18-7-3-1-4-8-18/h1-14,23-24,28,35H,15-17H2,(H,31,36)(H,32,39)/t23?,24?,28-/m0/s1. The van der Waals surface area contributed by atoms with Gasteiger partial charge < -0.3 is 25.2 Å². The maximum atomic E-state index is 13.4. The fourth-order valence-electron chi connectivity index (χ4n) is 4.59. The molecule has 0 saturated carbocycles. The number of rotatable bonds is 10. The van der Waals surface area contributed by atoms with Crippen LogP contribution in [-0.2, 0) is 37.1 Å². The quantitative estimate of drug-likeness (QED) is 0.132. The Balaban J connectivity index is 1.23. The highest BCUT2D eigenvalue weighted by atomic mass is 32.2. The molecule has 3 amide bonds. The SMILES string of the molecule is O=C(NC(C(=O)NC1C(=O)N2C(C(=O)OCc3ccc([N+](=O)[O-])cc3)=C(O)CS[C@@H]12)c1ccccc1)OCc1ccccc1. The molecule has 3 aromatic carbocycles. The average Bonchev–Trinajstić information content (AvgIpc) is 3.04. The lowest BCUT2D eigenvalue weighted by molar-refractivity contribution is -0.384. The number of nitro benzene ring substituents is 1. The number of nitrogens with zero attached hydrogens (tertiary/aromatic N) is 2. The molecular weight excluding hydrogens is 592 g/mol. The molecule has 2 heterocycles. The summed E-state index contributed by atoms with van der Waals surface area (Å²) in [5.74, 6) is -2.66. The summed E-state index contributed by atoms with van der Waals surface area (Å²) in [5.41, 5.74) is 1.22. The molecule has 2 unspecified atom stereocenters. The van der Waals surface area contributed by atoms with Crippen LogP contribution in [0.5, 0.6) is 0 Å². The maximum Gasteiger partial charge on any atom is 0.408 e. The summed E-state index contributed by atoms with van der Waals surface area (Å²) in [6.07, 6.45) is -0.836. The summed E-state index contributed by atoms with van der Waals surface area (Å²) >= 11 is 1.14. The predicted molar refractivity (Wildman–Crippen MR) is 157 cm³/mol.